The van der Waals surface area contributed by atoms with Crippen LogP contribution in [0.15, 0.2) is 65.6 Å². The molecular weight excluding hydrogens is 448 g/mol. The first kappa shape index (κ1) is 23.7. The van der Waals surface area contributed by atoms with Crippen LogP contribution < -0.4 is 29.0 Å². The Morgan fingerprint density at radius 2 is 1.45 bits per heavy atom. The van der Waals surface area contributed by atoms with Crippen LogP contribution in [0.4, 0.5) is 11.4 Å². The third kappa shape index (κ3) is 5.12. The molecule has 2 N–H and O–H groups in total. The zero-order valence-electron chi connectivity index (χ0n) is 18.5. The smallest absolute Gasteiger partial charge is 0.262 e. The van der Waals surface area contributed by atoms with Crippen molar-refractivity contribution in [2.75, 3.05) is 38.5 Å². The summed E-state index contributed by atoms with van der Waals surface area (Å²) in [4.78, 5) is 12.9. The van der Waals surface area contributed by atoms with Crippen molar-refractivity contribution in [3.8, 4) is 23.0 Å². The van der Waals surface area contributed by atoms with E-state index in [9.17, 15) is 13.2 Å². The van der Waals surface area contributed by atoms with E-state index in [4.69, 9.17) is 18.9 Å². The quantitative estimate of drug-likeness (QED) is 0.487. The molecule has 3 aromatic carbocycles. The summed E-state index contributed by atoms with van der Waals surface area (Å²) in [6, 6.07) is 15.6. The summed E-state index contributed by atoms with van der Waals surface area (Å²) < 4.78 is 49.4. The molecule has 0 heterocycles. The van der Waals surface area contributed by atoms with E-state index in [1.165, 1.54) is 52.7 Å². The van der Waals surface area contributed by atoms with Gasteiger partial charge in [-0.15, -0.1) is 0 Å². The average Bonchev–Trinajstić information content (AvgIpc) is 2.83. The predicted molar refractivity (Wildman–Crippen MR) is 124 cm³/mol. The van der Waals surface area contributed by atoms with Crippen molar-refractivity contribution in [3.05, 3.63) is 66.2 Å². The summed E-state index contributed by atoms with van der Waals surface area (Å²) in [5.74, 6) is 0.730. The number of sulfonamides is 1. The lowest BCUT2D eigenvalue weighted by molar-refractivity contribution is 0.102. The molecule has 9 nitrogen and oxygen atoms in total. The van der Waals surface area contributed by atoms with Gasteiger partial charge in [-0.3, -0.25) is 9.52 Å². The number of anilines is 2. The Balaban J connectivity index is 1.88. The van der Waals surface area contributed by atoms with Crippen LogP contribution >= 0.6 is 0 Å². The number of hydrogen-bond acceptors (Lipinski definition) is 7. The van der Waals surface area contributed by atoms with Gasteiger partial charge in [-0.2, -0.15) is 0 Å². The van der Waals surface area contributed by atoms with E-state index < -0.39 is 15.9 Å². The fourth-order valence-electron chi connectivity index (χ4n) is 3.15. The van der Waals surface area contributed by atoms with Crippen LogP contribution in [-0.4, -0.2) is 42.8 Å². The van der Waals surface area contributed by atoms with Crippen molar-refractivity contribution in [2.45, 2.75) is 4.90 Å². The highest BCUT2D eigenvalue weighted by Crippen LogP contribution is 2.40. The summed E-state index contributed by atoms with van der Waals surface area (Å²) in [5, 5.41) is 2.69. The summed E-state index contributed by atoms with van der Waals surface area (Å²) in [5.41, 5.74) is 0.764. The maximum atomic E-state index is 12.9. The van der Waals surface area contributed by atoms with E-state index in [1.807, 2.05) is 0 Å². The Hall–Kier alpha value is -3.92. The summed E-state index contributed by atoms with van der Waals surface area (Å²) >= 11 is 0. The molecule has 0 aliphatic heterocycles. The monoisotopic (exact) mass is 472 g/mol. The summed E-state index contributed by atoms with van der Waals surface area (Å²) in [7, 11) is 1.82. The van der Waals surface area contributed by atoms with Crippen LogP contribution in [0.5, 0.6) is 23.0 Å². The van der Waals surface area contributed by atoms with Gasteiger partial charge in [0.25, 0.3) is 15.9 Å². The van der Waals surface area contributed by atoms with Gasteiger partial charge < -0.3 is 24.3 Å². The molecule has 33 heavy (non-hydrogen) atoms. The SMILES string of the molecule is COc1ccccc1NS(=O)(=O)c1cccc(NC(=O)c2ccc(OC)c(OC)c2OC)c1. The van der Waals surface area contributed by atoms with Gasteiger partial charge in [0.05, 0.1) is 44.6 Å². The highest BCUT2D eigenvalue weighted by atomic mass is 32.2. The van der Waals surface area contributed by atoms with Gasteiger partial charge in [0.2, 0.25) is 5.75 Å². The number of hydrogen-bond donors (Lipinski definition) is 2. The number of ether oxygens (including phenoxy) is 4. The molecule has 3 rings (SSSR count). The Kier molecular flexibility index (Phi) is 7.29. The van der Waals surface area contributed by atoms with Gasteiger partial charge in [-0.1, -0.05) is 18.2 Å². The number of carbonyl (C=O) groups is 1. The maximum Gasteiger partial charge on any atom is 0.262 e. The van der Waals surface area contributed by atoms with Gasteiger partial charge >= 0.3 is 0 Å². The zero-order chi connectivity index (χ0) is 24.0. The maximum absolute atomic E-state index is 12.9. The minimum atomic E-state index is -3.94. The fraction of sp³-hybridized carbons (Fsp3) is 0.174. The van der Waals surface area contributed by atoms with E-state index in [0.717, 1.165) is 0 Å². The van der Waals surface area contributed by atoms with E-state index >= 15 is 0 Å². The first-order valence-electron chi connectivity index (χ1n) is 9.70. The predicted octanol–water partition coefficient (Wildman–Crippen LogP) is 3.77. The molecule has 0 bridgehead atoms. The topological polar surface area (TPSA) is 112 Å². The molecule has 0 unspecified atom stereocenters. The van der Waals surface area contributed by atoms with Gasteiger partial charge in [-0.25, -0.2) is 8.42 Å². The minimum Gasteiger partial charge on any atom is -0.495 e. The molecule has 0 saturated carbocycles. The van der Waals surface area contributed by atoms with E-state index in [1.54, 1.807) is 36.4 Å². The second-order valence-electron chi connectivity index (χ2n) is 6.67. The van der Waals surface area contributed by atoms with Gasteiger partial charge in [0.1, 0.15) is 5.75 Å². The van der Waals surface area contributed by atoms with Crippen molar-refractivity contribution >= 4 is 27.3 Å². The normalized spacial score (nSPS) is 10.8. The molecule has 0 fully saturated rings. The minimum absolute atomic E-state index is 0.0366. The molecule has 0 atom stereocenters. The van der Waals surface area contributed by atoms with Crippen molar-refractivity contribution in [1.29, 1.82) is 0 Å². The lowest BCUT2D eigenvalue weighted by Crippen LogP contribution is -2.16. The van der Waals surface area contributed by atoms with E-state index in [0.29, 0.717) is 17.2 Å². The molecule has 0 aliphatic carbocycles. The molecule has 3 aromatic rings. The molecule has 10 heteroatoms. The van der Waals surface area contributed by atoms with E-state index in [2.05, 4.69) is 10.0 Å². The molecule has 0 spiro atoms. The Morgan fingerprint density at radius 1 is 0.758 bits per heavy atom. The highest BCUT2D eigenvalue weighted by molar-refractivity contribution is 7.92. The Morgan fingerprint density at radius 3 is 2.12 bits per heavy atom. The standard InChI is InChI=1S/C23H24N2O7S/c1-29-19-11-6-5-10-18(19)25-33(27,28)16-9-7-8-15(14-16)24-23(26)17-12-13-20(30-2)22(32-4)21(17)31-3/h5-14,25H,1-4H3,(H,24,26). The Bertz CT molecular complexity index is 1260. The number of benzene rings is 3. The molecule has 0 radical (unpaired) electrons. The number of amides is 1. The van der Waals surface area contributed by atoms with E-state index in [-0.39, 0.29) is 27.6 Å². The van der Waals surface area contributed by atoms with Crippen molar-refractivity contribution in [2.24, 2.45) is 0 Å². The molecule has 1 amide bonds. The van der Waals surface area contributed by atoms with Crippen LogP contribution in [0.1, 0.15) is 10.4 Å². The number of para-hydroxylation sites is 2. The molecule has 0 aromatic heterocycles. The van der Waals surface area contributed by atoms with Gasteiger partial charge in [0, 0.05) is 5.69 Å². The molecule has 174 valence electrons. The van der Waals surface area contributed by atoms with Gasteiger partial charge in [-0.05, 0) is 42.5 Å². The lowest BCUT2D eigenvalue weighted by Gasteiger charge is -2.16. The Labute approximate surface area is 192 Å². The third-order valence-corrected chi connectivity index (χ3v) is 6.07. The molecule has 0 saturated heterocycles. The van der Waals surface area contributed by atoms with Crippen LogP contribution in [0.3, 0.4) is 0 Å². The third-order valence-electron chi connectivity index (χ3n) is 4.70. The number of carbonyl (C=O) groups excluding carboxylic acids is 1. The zero-order valence-corrected chi connectivity index (χ0v) is 19.4. The van der Waals surface area contributed by atoms with Crippen LogP contribution in [-0.2, 0) is 10.0 Å². The molecule has 0 aliphatic rings. The van der Waals surface area contributed by atoms with Crippen LogP contribution in [0.2, 0.25) is 0 Å². The van der Waals surface area contributed by atoms with Crippen molar-refractivity contribution in [1.82, 2.24) is 0 Å². The number of methoxy groups -OCH3 is 4. The van der Waals surface area contributed by atoms with Crippen LogP contribution in [0.25, 0.3) is 0 Å². The van der Waals surface area contributed by atoms with Gasteiger partial charge in [0.15, 0.2) is 11.5 Å². The number of rotatable bonds is 9. The lowest BCUT2D eigenvalue weighted by atomic mass is 10.1. The largest absolute Gasteiger partial charge is 0.495 e. The number of nitrogens with one attached hydrogen (secondary N) is 2. The first-order chi connectivity index (χ1) is 15.8. The summed E-state index contributed by atoms with van der Waals surface area (Å²) in [6.45, 7) is 0. The average molecular weight is 473 g/mol. The fourth-order valence-corrected chi connectivity index (χ4v) is 4.27. The second kappa shape index (κ2) is 10.1. The van der Waals surface area contributed by atoms with Crippen molar-refractivity contribution in [3.63, 3.8) is 0 Å². The van der Waals surface area contributed by atoms with Crippen molar-refractivity contribution < 1.29 is 32.2 Å². The highest BCUT2D eigenvalue weighted by Gasteiger charge is 2.22. The summed E-state index contributed by atoms with van der Waals surface area (Å²) in [6.07, 6.45) is 0. The van der Waals surface area contributed by atoms with Crippen LogP contribution in [0, 0.1) is 0 Å². The second-order valence-corrected chi connectivity index (χ2v) is 8.35. The molecular formula is C23H24N2O7S. The first-order valence-corrected chi connectivity index (χ1v) is 11.2.